The predicted octanol–water partition coefficient (Wildman–Crippen LogP) is 4.12. The molecular formula is C15H19BrN2OS. The maximum atomic E-state index is 5.28. The number of hydrogen-bond acceptors (Lipinski definition) is 4. The molecule has 0 radical (unpaired) electrons. The van der Waals surface area contributed by atoms with Crippen LogP contribution in [0, 0.1) is 6.92 Å². The first kappa shape index (κ1) is 15.5. The number of aromatic nitrogens is 1. The number of likely N-dealkylation sites (N-methyl/N-ethyl adjacent to an activating group) is 1. The highest BCUT2D eigenvalue weighted by Gasteiger charge is 2.14. The number of nitrogens with zero attached hydrogens (tertiary/aromatic N) is 1. The zero-order valence-corrected chi connectivity index (χ0v) is 14.3. The highest BCUT2D eigenvalue weighted by molar-refractivity contribution is 9.10. The molecule has 108 valence electrons. The maximum Gasteiger partial charge on any atom is 0.133 e. The summed E-state index contributed by atoms with van der Waals surface area (Å²) in [7, 11) is 1.68. The van der Waals surface area contributed by atoms with Crippen molar-refractivity contribution in [2.24, 2.45) is 0 Å². The van der Waals surface area contributed by atoms with Crippen LogP contribution in [0.3, 0.4) is 0 Å². The number of halogens is 1. The summed E-state index contributed by atoms with van der Waals surface area (Å²) in [5.74, 6) is 0.855. The van der Waals surface area contributed by atoms with Crippen LogP contribution in [-0.4, -0.2) is 18.6 Å². The molecule has 0 saturated carbocycles. The van der Waals surface area contributed by atoms with Crippen molar-refractivity contribution < 1.29 is 4.74 Å². The summed E-state index contributed by atoms with van der Waals surface area (Å²) >= 11 is 5.25. The number of methoxy groups -OCH3 is 1. The van der Waals surface area contributed by atoms with Gasteiger partial charge in [-0.25, -0.2) is 4.98 Å². The van der Waals surface area contributed by atoms with Gasteiger partial charge in [0.05, 0.1) is 22.3 Å². The van der Waals surface area contributed by atoms with Crippen LogP contribution >= 0.6 is 27.3 Å². The highest BCUT2D eigenvalue weighted by Crippen LogP contribution is 2.29. The second-order valence-electron chi connectivity index (χ2n) is 4.57. The van der Waals surface area contributed by atoms with Gasteiger partial charge in [0.2, 0.25) is 0 Å². The van der Waals surface area contributed by atoms with Crippen LogP contribution in [0.1, 0.15) is 29.2 Å². The van der Waals surface area contributed by atoms with Crippen molar-refractivity contribution in [3.8, 4) is 5.75 Å². The molecule has 1 unspecified atom stereocenters. The molecule has 0 aliphatic carbocycles. The van der Waals surface area contributed by atoms with Crippen molar-refractivity contribution in [2.75, 3.05) is 13.7 Å². The summed E-state index contributed by atoms with van der Waals surface area (Å²) in [5.41, 5.74) is 2.38. The van der Waals surface area contributed by atoms with Gasteiger partial charge in [0.1, 0.15) is 5.75 Å². The molecule has 1 heterocycles. The van der Waals surface area contributed by atoms with E-state index in [9.17, 15) is 0 Å². The van der Waals surface area contributed by atoms with E-state index in [1.54, 1.807) is 18.4 Å². The Labute approximate surface area is 132 Å². The van der Waals surface area contributed by atoms with Crippen LogP contribution < -0.4 is 10.1 Å². The first-order valence-corrected chi connectivity index (χ1v) is 8.29. The van der Waals surface area contributed by atoms with Crippen LogP contribution in [0.15, 0.2) is 28.1 Å². The number of aryl methyl sites for hydroxylation is 1. The molecule has 1 aromatic heterocycles. The summed E-state index contributed by atoms with van der Waals surface area (Å²) in [5, 5.41) is 6.78. The smallest absolute Gasteiger partial charge is 0.133 e. The topological polar surface area (TPSA) is 34.2 Å². The fraction of sp³-hybridized carbons (Fsp3) is 0.400. The lowest BCUT2D eigenvalue weighted by atomic mass is 10.0. The van der Waals surface area contributed by atoms with Crippen molar-refractivity contribution in [1.29, 1.82) is 0 Å². The number of thiazole rings is 1. The molecule has 0 spiro atoms. The molecule has 2 aromatic rings. The summed E-state index contributed by atoms with van der Waals surface area (Å²) in [4.78, 5) is 4.56. The third kappa shape index (κ3) is 3.81. The van der Waals surface area contributed by atoms with E-state index in [1.807, 2.05) is 13.0 Å². The number of ether oxygens (including phenoxy) is 1. The van der Waals surface area contributed by atoms with E-state index in [1.165, 1.54) is 5.56 Å². The van der Waals surface area contributed by atoms with E-state index < -0.39 is 0 Å². The van der Waals surface area contributed by atoms with E-state index in [2.05, 4.69) is 50.7 Å². The largest absolute Gasteiger partial charge is 0.496 e. The Morgan fingerprint density at radius 1 is 1.45 bits per heavy atom. The van der Waals surface area contributed by atoms with Gasteiger partial charge in [-0.15, -0.1) is 11.3 Å². The number of hydrogen-bond donors (Lipinski definition) is 1. The molecule has 0 aliphatic heterocycles. The van der Waals surface area contributed by atoms with Gasteiger partial charge >= 0.3 is 0 Å². The summed E-state index contributed by atoms with van der Waals surface area (Å²) in [6, 6.07) is 6.49. The van der Waals surface area contributed by atoms with Crippen molar-refractivity contribution >= 4 is 27.3 Å². The maximum absolute atomic E-state index is 5.28. The Bertz CT molecular complexity index is 571. The summed E-state index contributed by atoms with van der Waals surface area (Å²) < 4.78 is 6.26. The van der Waals surface area contributed by atoms with Gasteiger partial charge < -0.3 is 10.1 Å². The average molecular weight is 355 g/mol. The third-order valence-electron chi connectivity index (χ3n) is 3.11. The normalized spacial score (nSPS) is 12.4. The zero-order valence-electron chi connectivity index (χ0n) is 11.9. The quantitative estimate of drug-likeness (QED) is 0.847. The lowest BCUT2D eigenvalue weighted by molar-refractivity contribution is 0.411. The minimum Gasteiger partial charge on any atom is -0.496 e. The van der Waals surface area contributed by atoms with Crippen LogP contribution in [0.4, 0.5) is 0 Å². The SMILES string of the molecule is CCNC(Cc1csc(C)n1)c1ccc(OC)c(Br)c1. The summed E-state index contributed by atoms with van der Waals surface area (Å²) in [6.45, 7) is 5.09. The lowest BCUT2D eigenvalue weighted by Gasteiger charge is -2.18. The van der Waals surface area contributed by atoms with E-state index >= 15 is 0 Å². The van der Waals surface area contributed by atoms with Gasteiger partial charge in [0, 0.05) is 17.8 Å². The van der Waals surface area contributed by atoms with E-state index in [0.29, 0.717) is 0 Å². The van der Waals surface area contributed by atoms with Gasteiger partial charge in [-0.05, 0) is 47.1 Å². The number of benzene rings is 1. The first-order valence-electron chi connectivity index (χ1n) is 6.61. The standard InChI is InChI=1S/C15H19BrN2OS/c1-4-17-14(8-12-9-20-10(2)18-12)11-5-6-15(19-3)13(16)7-11/h5-7,9,14,17H,4,8H2,1-3H3. The Balaban J connectivity index is 2.21. The molecule has 5 heteroatoms. The molecule has 2 rings (SSSR count). The Morgan fingerprint density at radius 2 is 2.25 bits per heavy atom. The van der Waals surface area contributed by atoms with E-state index in [0.717, 1.165) is 33.9 Å². The zero-order chi connectivity index (χ0) is 14.5. The van der Waals surface area contributed by atoms with Gasteiger partial charge in [-0.3, -0.25) is 0 Å². The number of nitrogens with one attached hydrogen (secondary N) is 1. The highest BCUT2D eigenvalue weighted by atomic mass is 79.9. The molecule has 3 nitrogen and oxygen atoms in total. The molecule has 1 N–H and O–H groups in total. The van der Waals surface area contributed by atoms with E-state index in [4.69, 9.17) is 4.74 Å². The Morgan fingerprint density at radius 3 is 2.80 bits per heavy atom. The van der Waals surface area contributed by atoms with Crippen LogP contribution in [0.25, 0.3) is 0 Å². The molecule has 0 fully saturated rings. The lowest BCUT2D eigenvalue weighted by Crippen LogP contribution is -2.23. The van der Waals surface area contributed by atoms with Crippen LogP contribution in [0.5, 0.6) is 5.75 Å². The molecule has 20 heavy (non-hydrogen) atoms. The second kappa shape index (κ2) is 7.20. The number of rotatable bonds is 6. The molecule has 0 saturated heterocycles. The molecule has 0 aliphatic rings. The molecule has 1 aromatic carbocycles. The minimum absolute atomic E-state index is 0.267. The monoisotopic (exact) mass is 354 g/mol. The third-order valence-corrected chi connectivity index (χ3v) is 4.55. The molecule has 1 atom stereocenters. The van der Waals surface area contributed by atoms with Crippen LogP contribution in [-0.2, 0) is 6.42 Å². The predicted molar refractivity (Wildman–Crippen MR) is 87.7 cm³/mol. The second-order valence-corrected chi connectivity index (χ2v) is 6.48. The average Bonchev–Trinajstić information content (AvgIpc) is 2.83. The first-order chi connectivity index (χ1) is 9.63. The minimum atomic E-state index is 0.267. The van der Waals surface area contributed by atoms with Crippen molar-refractivity contribution in [3.05, 3.63) is 44.3 Å². The summed E-state index contributed by atoms with van der Waals surface area (Å²) in [6.07, 6.45) is 0.900. The van der Waals surface area contributed by atoms with E-state index in [-0.39, 0.29) is 6.04 Å². The molecule has 0 bridgehead atoms. The van der Waals surface area contributed by atoms with Gasteiger partial charge in [0.15, 0.2) is 0 Å². The van der Waals surface area contributed by atoms with Gasteiger partial charge in [-0.1, -0.05) is 13.0 Å². The fourth-order valence-corrected chi connectivity index (χ4v) is 3.35. The van der Waals surface area contributed by atoms with Crippen molar-refractivity contribution in [3.63, 3.8) is 0 Å². The fourth-order valence-electron chi connectivity index (χ4n) is 2.16. The van der Waals surface area contributed by atoms with Crippen molar-refractivity contribution in [1.82, 2.24) is 10.3 Å². The van der Waals surface area contributed by atoms with Crippen molar-refractivity contribution in [2.45, 2.75) is 26.3 Å². The molecular weight excluding hydrogens is 336 g/mol. The Hall–Kier alpha value is -0.910. The Kier molecular flexibility index (Phi) is 5.57. The van der Waals surface area contributed by atoms with Crippen LogP contribution in [0.2, 0.25) is 0 Å². The van der Waals surface area contributed by atoms with Gasteiger partial charge in [-0.2, -0.15) is 0 Å². The van der Waals surface area contributed by atoms with Gasteiger partial charge in [0.25, 0.3) is 0 Å². The molecule has 0 amide bonds.